The van der Waals surface area contributed by atoms with E-state index in [1.807, 2.05) is 4.90 Å². The summed E-state index contributed by atoms with van der Waals surface area (Å²) < 4.78 is 39.3. The van der Waals surface area contributed by atoms with E-state index in [0.717, 1.165) is 12.3 Å². The molecule has 0 bridgehead atoms. The van der Waals surface area contributed by atoms with Crippen molar-refractivity contribution >= 4 is 22.6 Å². The van der Waals surface area contributed by atoms with E-state index in [1.165, 1.54) is 17.0 Å². The Morgan fingerprint density at radius 1 is 1.17 bits per heavy atom. The third-order valence-corrected chi connectivity index (χ3v) is 5.00. The van der Waals surface area contributed by atoms with Gasteiger partial charge in [0.05, 0.1) is 22.8 Å². The fourth-order valence-electron chi connectivity index (χ4n) is 3.47. The number of nitrogens with one attached hydrogen (secondary N) is 1. The number of rotatable bonds is 4. The van der Waals surface area contributed by atoms with Crippen LogP contribution in [-0.4, -0.2) is 39.6 Å². The van der Waals surface area contributed by atoms with Gasteiger partial charge in [-0.25, -0.2) is 9.97 Å². The predicted octanol–water partition coefficient (Wildman–Crippen LogP) is 2.21. The first kappa shape index (κ1) is 19.9. The second-order valence-electron chi connectivity index (χ2n) is 7.10. The van der Waals surface area contributed by atoms with Crippen molar-refractivity contribution in [3.63, 3.8) is 0 Å². The van der Waals surface area contributed by atoms with Gasteiger partial charge in [-0.3, -0.25) is 14.2 Å². The highest BCUT2D eigenvalue weighted by atomic mass is 19.4. The van der Waals surface area contributed by atoms with Crippen LogP contribution in [0.3, 0.4) is 0 Å². The number of alkyl halides is 3. The lowest BCUT2D eigenvalue weighted by Crippen LogP contribution is -2.40. The number of hydrogen-bond acceptors (Lipinski definition) is 5. The Hall–Kier alpha value is -3.43. The third kappa shape index (κ3) is 4.12. The molecule has 10 heteroatoms. The number of carbonyl (C=O) groups is 1. The molecule has 1 amide bonds. The van der Waals surface area contributed by atoms with Gasteiger partial charge in [0.25, 0.3) is 5.56 Å². The minimum absolute atomic E-state index is 0.161. The SMILES string of the molecule is O=C(Cn1cnc2ccccc2c1=O)NC1CCN(c2ccc(C(F)(F)F)cn2)C1. The molecule has 1 aliphatic rings. The fourth-order valence-corrected chi connectivity index (χ4v) is 3.47. The van der Waals surface area contributed by atoms with E-state index in [1.54, 1.807) is 24.3 Å². The van der Waals surface area contributed by atoms with E-state index in [4.69, 9.17) is 0 Å². The minimum Gasteiger partial charge on any atom is -0.354 e. The first-order valence-corrected chi connectivity index (χ1v) is 9.33. The second kappa shape index (κ2) is 7.77. The van der Waals surface area contributed by atoms with Crippen molar-refractivity contribution < 1.29 is 18.0 Å². The molecule has 0 radical (unpaired) electrons. The van der Waals surface area contributed by atoms with Gasteiger partial charge in [-0.15, -0.1) is 0 Å². The van der Waals surface area contributed by atoms with Gasteiger partial charge in [0.15, 0.2) is 0 Å². The van der Waals surface area contributed by atoms with Gasteiger partial charge >= 0.3 is 6.18 Å². The molecule has 2 aromatic heterocycles. The summed E-state index contributed by atoms with van der Waals surface area (Å²) in [6.07, 6.45) is -1.65. The van der Waals surface area contributed by atoms with Gasteiger partial charge in [-0.1, -0.05) is 12.1 Å². The number of carbonyl (C=O) groups excluding carboxylic acids is 1. The lowest BCUT2D eigenvalue weighted by atomic mass is 10.2. The highest BCUT2D eigenvalue weighted by molar-refractivity contribution is 5.79. The molecule has 1 N–H and O–H groups in total. The molecule has 1 aromatic carbocycles. The lowest BCUT2D eigenvalue weighted by Gasteiger charge is -2.18. The average Bonchev–Trinajstić information content (AvgIpc) is 3.18. The van der Waals surface area contributed by atoms with Gasteiger partial charge in [0, 0.05) is 25.3 Å². The molecule has 3 heterocycles. The monoisotopic (exact) mass is 417 g/mol. The number of fused-ring (bicyclic) bond motifs is 1. The Labute approximate surface area is 169 Å². The van der Waals surface area contributed by atoms with E-state index in [2.05, 4.69) is 15.3 Å². The van der Waals surface area contributed by atoms with Crippen LogP contribution >= 0.6 is 0 Å². The number of pyridine rings is 1. The van der Waals surface area contributed by atoms with Gasteiger partial charge in [0.2, 0.25) is 5.91 Å². The number of para-hydroxylation sites is 1. The molecular formula is C20H18F3N5O2. The predicted molar refractivity (Wildman–Crippen MR) is 104 cm³/mol. The topological polar surface area (TPSA) is 80.1 Å². The first-order chi connectivity index (χ1) is 14.3. The molecule has 1 aliphatic heterocycles. The van der Waals surface area contributed by atoms with E-state index in [0.29, 0.717) is 36.2 Å². The van der Waals surface area contributed by atoms with Crippen LogP contribution in [0.5, 0.6) is 0 Å². The summed E-state index contributed by atoms with van der Waals surface area (Å²) in [5, 5.41) is 3.30. The highest BCUT2D eigenvalue weighted by Crippen LogP contribution is 2.29. The summed E-state index contributed by atoms with van der Waals surface area (Å²) in [5.74, 6) is 0.0936. The molecule has 1 fully saturated rings. The van der Waals surface area contributed by atoms with E-state index >= 15 is 0 Å². The van der Waals surface area contributed by atoms with Crippen LogP contribution in [0.25, 0.3) is 10.9 Å². The Morgan fingerprint density at radius 3 is 2.70 bits per heavy atom. The molecule has 4 rings (SSSR count). The van der Waals surface area contributed by atoms with Crippen LogP contribution in [0.4, 0.5) is 19.0 Å². The normalized spacial score (nSPS) is 16.8. The maximum atomic E-state index is 12.7. The number of benzene rings is 1. The number of halogens is 3. The zero-order valence-electron chi connectivity index (χ0n) is 15.8. The maximum Gasteiger partial charge on any atom is 0.417 e. The van der Waals surface area contributed by atoms with Crippen molar-refractivity contribution in [1.29, 1.82) is 0 Å². The van der Waals surface area contributed by atoms with Crippen molar-refractivity contribution in [3.8, 4) is 0 Å². The summed E-state index contributed by atoms with van der Waals surface area (Å²) in [7, 11) is 0. The van der Waals surface area contributed by atoms with E-state index in [-0.39, 0.29) is 24.1 Å². The molecule has 1 saturated heterocycles. The van der Waals surface area contributed by atoms with Gasteiger partial charge in [-0.05, 0) is 30.7 Å². The smallest absolute Gasteiger partial charge is 0.354 e. The Morgan fingerprint density at radius 2 is 1.97 bits per heavy atom. The molecule has 0 aliphatic carbocycles. The summed E-state index contributed by atoms with van der Waals surface area (Å²) in [5.41, 5.74) is -0.530. The molecular weight excluding hydrogens is 399 g/mol. The summed E-state index contributed by atoms with van der Waals surface area (Å²) in [6, 6.07) is 9.03. The van der Waals surface area contributed by atoms with Crippen molar-refractivity contribution in [2.45, 2.75) is 25.2 Å². The van der Waals surface area contributed by atoms with Crippen LogP contribution in [-0.2, 0) is 17.5 Å². The molecule has 3 aromatic rings. The van der Waals surface area contributed by atoms with Crippen molar-refractivity contribution in [2.75, 3.05) is 18.0 Å². The van der Waals surface area contributed by atoms with Crippen LogP contribution in [0.2, 0.25) is 0 Å². The summed E-state index contributed by atoms with van der Waals surface area (Å²) >= 11 is 0. The zero-order chi connectivity index (χ0) is 21.3. The fraction of sp³-hybridized carbons (Fsp3) is 0.300. The number of anilines is 1. The van der Waals surface area contributed by atoms with Crippen molar-refractivity contribution in [2.24, 2.45) is 0 Å². The van der Waals surface area contributed by atoms with Crippen LogP contribution in [0.15, 0.2) is 53.7 Å². The molecule has 0 spiro atoms. The first-order valence-electron chi connectivity index (χ1n) is 9.33. The van der Waals surface area contributed by atoms with E-state index < -0.39 is 11.7 Å². The van der Waals surface area contributed by atoms with Gasteiger partial charge in [-0.2, -0.15) is 13.2 Å². The van der Waals surface area contributed by atoms with Crippen molar-refractivity contribution in [3.05, 3.63) is 64.8 Å². The highest BCUT2D eigenvalue weighted by Gasteiger charge is 2.31. The Bertz CT molecular complexity index is 1130. The quantitative estimate of drug-likeness (QED) is 0.704. The third-order valence-electron chi connectivity index (χ3n) is 5.00. The Balaban J connectivity index is 1.37. The number of nitrogens with zero attached hydrogens (tertiary/aromatic N) is 4. The summed E-state index contributed by atoms with van der Waals surface area (Å²) in [4.78, 5) is 34.8. The second-order valence-corrected chi connectivity index (χ2v) is 7.10. The molecule has 1 atom stereocenters. The van der Waals surface area contributed by atoms with Gasteiger partial charge < -0.3 is 10.2 Å². The number of aromatic nitrogens is 3. The Kier molecular flexibility index (Phi) is 5.15. The van der Waals surface area contributed by atoms with E-state index in [9.17, 15) is 22.8 Å². The maximum absolute atomic E-state index is 12.7. The minimum atomic E-state index is -4.43. The molecule has 30 heavy (non-hydrogen) atoms. The van der Waals surface area contributed by atoms with Crippen LogP contribution in [0, 0.1) is 0 Å². The summed E-state index contributed by atoms with van der Waals surface area (Å²) in [6.45, 7) is 0.821. The lowest BCUT2D eigenvalue weighted by molar-refractivity contribution is -0.137. The molecule has 156 valence electrons. The molecule has 1 unspecified atom stereocenters. The zero-order valence-corrected chi connectivity index (χ0v) is 15.8. The standard InChI is InChI=1S/C20H18F3N5O2/c21-20(22,23)13-5-6-17(24-9-13)27-8-7-14(10-27)26-18(29)11-28-12-25-16-4-2-1-3-15(16)19(28)30/h1-6,9,12,14H,7-8,10-11H2,(H,26,29). The van der Waals surface area contributed by atoms with Gasteiger partial charge in [0.1, 0.15) is 12.4 Å². The molecule has 7 nitrogen and oxygen atoms in total. The van der Waals surface area contributed by atoms with Crippen LogP contribution < -0.4 is 15.8 Å². The van der Waals surface area contributed by atoms with Crippen molar-refractivity contribution in [1.82, 2.24) is 19.9 Å². The largest absolute Gasteiger partial charge is 0.417 e. The molecule has 0 saturated carbocycles. The average molecular weight is 417 g/mol. The number of hydrogen-bond donors (Lipinski definition) is 1. The number of amides is 1. The van der Waals surface area contributed by atoms with Crippen LogP contribution in [0.1, 0.15) is 12.0 Å².